The molecule has 3 N–H and O–H groups in total. The zero-order valence-electron chi connectivity index (χ0n) is 10.0. The number of hydrogen-bond donors (Lipinski definition) is 2. The van der Waals surface area contributed by atoms with Gasteiger partial charge in [-0.3, -0.25) is 0 Å². The zero-order chi connectivity index (χ0) is 13.1. The van der Waals surface area contributed by atoms with E-state index in [0.717, 1.165) is 11.9 Å². The molecule has 0 saturated carbocycles. The fraction of sp³-hybridized carbons (Fsp3) is 0.455. The molecule has 0 aliphatic carbocycles. The number of nitrogens with zero attached hydrogens (tertiary/aromatic N) is 1. The van der Waals surface area contributed by atoms with Crippen LogP contribution >= 0.6 is 0 Å². The smallest absolute Gasteiger partial charge is 0.175 e. The predicted molar refractivity (Wildman–Crippen MR) is 68.9 cm³/mol. The lowest BCUT2D eigenvalue weighted by atomic mass is 10.2. The topological polar surface area (TPSA) is 83.6 Å². The Morgan fingerprint density at radius 1 is 1.41 bits per heavy atom. The van der Waals surface area contributed by atoms with Gasteiger partial charge in [0.15, 0.2) is 9.84 Å². The molecule has 0 amide bonds. The Balaban J connectivity index is 3.13. The number of anilines is 2. The molecule has 0 spiro atoms. The first-order valence-electron chi connectivity index (χ1n) is 5.35. The lowest BCUT2D eigenvalue weighted by Gasteiger charge is -2.23. The third kappa shape index (κ3) is 3.34. The van der Waals surface area contributed by atoms with Crippen LogP contribution in [0.3, 0.4) is 0 Å². The lowest BCUT2D eigenvalue weighted by molar-refractivity contribution is 0.302. The monoisotopic (exact) mass is 258 g/mol. The van der Waals surface area contributed by atoms with Crippen LogP contribution in [0.1, 0.15) is 6.92 Å². The van der Waals surface area contributed by atoms with E-state index in [2.05, 4.69) is 0 Å². The predicted octanol–water partition coefficient (Wildman–Crippen LogP) is 0.491. The molecule has 0 unspecified atom stereocenters. The molecule has 1 aromatic rings. The summed E-state index contributed by atoms with van der Waals surface area (Å²) < 4.78 is 22.7. The molecule has 0 fully saturated rings. The molecule has 5 nitrogen and oxygen atoms in total. The first-order chi connectivity index (χ1) is 7.90. The number of nitrogens with two attached hydrogens (primary N) is 1. The van der Waals surface area contributed by atoms with Crippen LogP contribution < -0.4 is 10.6 Å². The van der Waals surface area contributed by atoms with Gasteiger partial charge >= 0.3 is 0 Å². The number of nitrogen functional groups attached to an aromatic ring is 1. The van der Waals surface area contributed by atoms with Gasteiger partial charge < -0.3 is 15.7 Å². The van der Waals surface area contributed by atoms with Gasteiger partial charge in [-0.05, 0) is 25.1 Å². The molecule has 0 aliphatic heterocycles. The minimum Gasteiger partial charge on any atom is -0.397 e. The molecule has 17 heavy (non-hydrogen) atoms. The van der Waals surface area contributed by atoms with Crippen molar-refractivity contribution >= 4 is 21.2 Å². The molecule has 0 saturated heterocycles. The molecule has 0 bridgehead atoms. The number of benzene rings is 1. The van der Waals surface area contributed by atoms with Gasteiger partial charge in [0, 0.05) is 19.3 Å². The molecule has 0 heterocycles. The minimum absolute atomic E-state index is 0.0289. The number of rotatable bonds is 5. The van der Waals surface area contributed by atoms with E-state index < -0.39 is 9.84 Å². The lowest BCUT2D eigenvalue weighted by Crippen LogP contribution is -2.27. The van der Waals surface area contributed by atoms with E-state index in [4.69, 9.17) is 10.8 Å². The number of hydrogen-bond acceptors (Lipinski definition) is 5. The SMILES string of the molecule is CCN(CCO)c1ccc(S(C)(=O)=O)cc1N. The van der Waals surface area contributed by atoms with Gasteiger partial charge in [-0.1, -0.05) is 0 Å². The summed E-state index contributed by atoms with van der Waals surface area (Å²) >= 11 is 0. The summed E-state index contributed by atoms with van der Waals surface area (Å²) in [5.74, 6) is 0. The van der Waals surface area contributed by atoms with Crippen LogP contribution in [0.5, 0.6) is 0 Å². The van der Waals surface area contributed by atoms with E-state index in [1.54, 1.807) is 6.07 Å². The Labute approximate surface area is 102 Å². The van der Waals surface area contributed by atoms with E-state index in [0.29, 0.717) is 18.8 Å². The molecule has 1 aromatic carbocycles. The van der Waals surface area contributed by atoms with E-state index in [1.165, 1.54) is 12.1 Å². The van der Waals surface area contributed by atoms with Gasteiger partial charge in [0.2, 0.25) is 0 Å². The van der Waals surface area contributed by atoms with Crippen molar-refractivity contribution in [2.75, 3.05) is 36.6 Å². The Morgan fingerprint density at radius 2 is 2.06 bits per heavy atom. The first kappa shape index (κ1) is 13.8. The van der Waals surface area contributed by atoms with Crippen molar-refractivity contribution in [1.82, 2.24) is 0 Å². The summed E-state index contributed by atoms with van der Waals surface area (Å²) in [6.45, 7) is 3.14. The molecular weight excluding hydrogens is 240 g/mol. The molecular formula is C11H18N2O3S. The average Bonchev–Trinajstić information content (AvgIpc) is 2.25. The quantitative estimate of drug-likeness (QED) is 0.751. The second-order valence-electron chi connectivity index (χ2n) is 3.80. The Bertz CT molecular complexity index is 485. The van der Waals surface area contributed by atoms with Crippen LogP contribution in [-0.2, 0) is 9.84 Å². The van der Waals surface area contributed by atoms with E-state index in [9.17, 15) is 8.42 Å². The summed E-state index contributed by atoms with van der Waals surface area (Å²) in [6.07, 6.45) is 1.15. The molecule has 96 valence electrons. The second-order valence-corrected chi connectivity index (χ2v) is 5.81. The van der Waals surface area contributed by atoms with Gasteiger partial charge in [0.05, 0.1) is 22.9 Å². The van der Waals surface area contributed by atoms with Gasteiger partial charge in [-0.15, -0.1) is 0 Å². The van der Waals surface area contributed by atoms with Crippen LogP contribution in [0.15, 0.2) is 23.1 Å². The molecule has 0 atom stereocenters. The highest BCUT2D eigenvalue weighted by molar-refractivity contribution is 7.90. The molecule has 6 heteroatoms. The maximum absolute atomic E-state index is 11.4. The van der Waals surface area contributed by atoms with Crippen molar-refractivity contribution in [3.63, 3.8) is 0 Å². The first-order valence-corrected chi connectivity index (χ1v) is 7.24. The van der Waals surface area contributed by atoms with E-state index in [-0.39, 0.29) is 11.5 Å². The number of aliphatic hydroxyl groups is 1. The van der Waals surface area contributed by atoms with Gasteiger partial charge in [-0.2, -0.15) is 0 Å². The number of likely N-dealkylation sites (N-methyl/N-ethyl adjacent to an activating group) is 1. The highest BCUT2D eigenvalue weighted by atomic mass is 32.2. The molecule has 0 aromatic heterocycles. The van der Waals surface area contributed by atoms with E-state index >= 15 is 0 Å². The van der Waals surface area contributed by atoms with Crippen LogP contribution in [0, 0.1) is 0 Å². The van der Waals surface area contributed by atoms with Crippen LogP contribution in [0.2, 0.25) is 0 Å². The van der Waals surface area contributed by atoms with Crippen LogP contribution in [-0.4, -0.2) is 39.5 Å². The minimum atomic E-state index is -3.23. The molecule has 0 radical (unpaired) electrons. The Kier molecular flexibility index (Phi) is 4.36. The van der Waals surface area contributed by atoms with Gasteiger partial charge in [-0.25, -0.2) is 8.42 Å². The molecule has 1 rings (SSSR count). The highest BCUT2D eigenvalue weighted by Gasteiger charge is 2.12. The third-order valence-electron chi connectivity index (χ3n) is 2.52. The maximum Gasteiger partial charge on any atom is 0.175 e. The fourth-order valence-electron chi connectivity index (χ4n) is 1.62. The van der Waals surface area contributed by atoms with Crippen LogP contribution in [0.25, 0.3) is 0 Å². The highest BCUT2D eigenvalue weighted by Crippen LogP contribution is 2.25. The summed E-state index contributed by atoms with van der Waals surface area (Å²) in [4.78, 5) is 2.10. The van der Waals surface area contributed by atoms with Crippen molar-refractivity contribution < 1.29 is 13.5 Å². The van der Waals surface area contributed by atoms with Crippen molar-refractivity contribution in [3.05, 3.63) is 18.2 Å². The normalized spacial score (nSPS) is 11.5. The zero-order valence-corrected chi connectivity index (χ0v) is 10.9. The van der Waals surface area contributed by atoms with Crippen LogP contribution in [0.4, 0.5) is 11.4 Å². The Hall–Kier alpha value is -1.27. The van der Waals surface area contributed by atoms with E-state index in [1.807, 2.05) is 11.8 Å². The largest absolute Gasteiger partial charge is 0.397 e. The number of aliphatic hydroxyl groups excluding tert-OH is 1. The van der Waals surface area contributed by atoms with Crippen molar-refractivity contribution in [3.8, 4) is 0 Å². The summed E-state index contributed by atoms with van der Waals surface area (Å²) in [5, 5.41) is 8.93. The number of sulfone groups is 1. The van der Waals surface area contributed by atoms with Crippen molar-refractivity contribution in [2.24, 2.45) is 0 Å². The second kappa shape index (κ2) is 5.37. The van der Waals surface area contributed by atoms with Gasteiger partial charge in [0.1, 0.15) is 0 Å². The van der Waals surface area contributed by atoms with Gasteiger partial charge in [0.25, 0.3) is 0 Å². The third-order valence-corrected chi connectivity index (χ3v) is 3.63. The molecule has 0 aliphatic rings. The Morgan fingerprint density at radius 3 is 2.47 bits per heavy atom. The summed E-state index contributed by atoms with van der Waals surface area (Å²) in [7, 11) is -3.23. The van der Waals surface area contributed by atoms with Crippen molar-refractivity contribution in [2.45, 2.75) is 11.8 Å². The average molecular weight is 258 g/mol. The standard InChI is InChI=1S/C11H18N2O3S/c1-3-13(6-7-14)11-5-4-9(8-10(11)12)17(2,15)16/h4-5,8,14H,3,6-7,12H2,1-2H3. The fourth-order valence-corrected chi connectivity index (χ4v) is 2.28. The summed E-state index contributed by atoms with van der Waals surface area (Å²) in [6, 6.07) is 4.65. The van der Waals surface area contributed by atoms with Crippen molar-refractivity contribution in [1.29, 1.82) is 0 Å². The maximum atomic E-state index is 11.4. The summed E-state index contributed by atoms with van der Waals surface area (Å²) in [5.41, 5.74) is 6.99.